The molecular formula is C13H12N2O3. The topological polar surface area (TPSA) is 68.1 Å². The Labute approximate surface area is 104 Å². The molecule has 0 radical (unpaired) electrons. The van der Waals surface area contributed by atoms with Crippen LogP contribution in [-0.4, -0.2) is 15.9 Å². The lowest BCUT2D eigenvalue weighted by atomic mass is 10.3. The predicted molar refractivity (Wildman–Crippen MR) is 66.0 cm³/mol. The van der Waals surface area contributed by atoms with Crippen molar-refractivity contribution in [2.45, 2.75) is 6.61 Å². The summed E-state index contributed by atoms with van der Waals surface area (Å²) in [6.45, 7) is 0.224. The molecular weight excluding hydrogens is 232 g/mol. The Kier molecular flexibility index (Phi) is 2.57. The average molecular weight is 244 g/mol. The predicted octanol–water partition coefficient (Wildman–Crippen LogP) is 2.76. The Morgan fingerprint density at radius 1 is 1.39 bits per heavy atom. The molecule has 5 nitrogen and oxygen atoms in total. The molecule has 3 rings (SSSR count). The molecule has 0 atom stereocenters. The normalized spacial score (nSPS) is 10.7. The standard InChI is InChI=1S/C13H10N2O3.H2/c16-13(18-8-9-1-4-14-5-2-9)11-7-12-10(15-11)3-6-17-12;/h1-7,15H,8H2;1H. The van der Waals surface area contributed by atoms with Crippen molar-refractivity contribution in [1.29, 1.82) is 0 Å². The second kappa shape index (κ2) is 4.37. The number of hydrogen-bond donors (Lipinski definition) is 1. The number of nitrogens with one attached hydrogen (secondary N) is 1. The first-order valence-electron chi connectivity index (χ1n) is 5.45. The van der Waals surface area contributed by atoms with Crippen LogP contribution in [0.2, 0.25) is 0 Å². The number of carbonyl (C=O) groups excluding carboxylic acids is 1. The summed E-state index contributed by atoms with van der Waals surface area (Å²) in [5.41, 5.74) is 2.71. The maximum absolute atomic E-state index is 11.8. The number of carbonyl (C=O) groups is 1. The van der Waals surface area contributed by atoms with E-state index in [0.717, 1.165) is 11.1 Å². The van der Waals surface area contributed by atoms with Gasteiger partial charge in [0.25, 0.3) is 0 Å². The van der Waals surface area contributed by atoms with Gasteiger partial charge in [0.05, 0.1) is 11.8 Å². The molecule has 0 aliphatic rings. The summed E-state index contributed by atoms with van der Waals surface area (Å²) in [7, 11) is 0. The smallest absolute Gasteiger partial charge is 0.355 e. The monoisotopic (exact) mass is 244 g/mol. The van der Waals surface area contributed by atoms with Gasteiger partial charge in [0.1, 0.15) is 12.3 Å². The van der Waals surface area contributed by atoms with Gasteiger partial charge in [-0.25, -0.2) is 4.79 Å². The number of rotatable bonds is 3. The van der Waals surface area contributed by atoms with Crippen LogP contribution in [0.5, 0.6) is 0 Å². The molecule has 18 heavy (non-hydrogen) atoms. The lowest BCUT2D eigenvalue weighted by Crippen LogP contribution is -2.05. The van der Waals surface area contributed by atoms with Crippen LogP contribution in [-0.2, 0) is 11.3 Å². The summed E-state index contributed by atoms with van der Waals surface area (Å²) in [4.78, 5) is 18.6. The van der Waals surface area contributed by atoms with E-state index in [9.17, 15) is 4.79 Å². The number of furan rings is 1. The molecule has 0 saturated heterocycles. The average Bonchev–Trinajstić information content (AvgIpc) is 2.98. The Morgan fingerprint density at radius 3 is 3.00 bits per heavy atom. The van der Waals surface area contributed by atoms with Crippen molar-refractivity contribution in [2.24, 2.45) is 0 Å². The second-order valence-corrected chi connectivity index (χ2v) is 3.81. The highest BCUT2D eigenvalue weighted by Crippen LogP contribution is 2.16. The van der Waals surface area contributed by atoms with Gasteiger partial charge < -0.3 is 14.1 Å². The largest absolute Gasteiger partial charge is 0.463 e. The third-order valence-corrected chi connectivity index (χ3v) is 2.58. The number of aromatic amines is 1. The van der Waals surface area contributed by atoms with E-state index >= 15 is 0 Å². The van der Waals surface area contributed by atoms with Gasteiger partial charge in [-0.1, -0.05) is 0 Å². The van der Waals surface area contributed by atoms with E-state index < -0.39 is 5.97 Å². The van der Waals surface area contributed by atoms with Gasteiger partial charge >= 0.3 is 5.97 Å². The number of pyridine rings is 1. The van der Waals surface area contributed by atoms with Gasteiger partial charge in [-0.3, -0.25) is 4.98 Å². The fourth-order valence-corrected chi connectivity index (χ4v) is 1.66. The zero-order valence-corrected chi connectivity index (χ0v) is 9.42. The minimum Gasteiger partial charge on any atom is -0.463 e. The molecule has 3 aromatic heterocycles. The molecule has 92 valence electrons. The van der Waals surface area contributed by atoms with Crippen LogP contribution in [0.4, 0.5) is 0 Å². The third kappa shape index (κ3) is 1.98. The highest BCUT2D eigenvalue weighted by atomic mass is 16.5. The van der Waals surface area contributed by atoms with E-state index in [4.69, 9.17) is 9.15 Å². The molecule has 0 aliphatic heterocycles. The van der Waals surface area contributed by atoms with E-state index in [2.05, 4.69) is 9.97 Å². The van der Waals surface area contributed by atoms with Crippen LogP contribution < -0.4 is 0 Å². The number of aromatic nitrogens is 2. The first kappa shape index (κ1) is 10.6. The minimum absolute atomic E-state index is 0. The number of fused-ring (bicyclic) bond motifs is 1. The maximum Gasteiger partial charge on any atom is 0.355 e. The van der Waals surface area contributed by atoms with Crippen molar-refractivity contribution in [3.63, 3.8) is 0 Å². The Balaban J connectivity index is 0.00000133. The molecule has 0 spiro atoms. The summed E-state index contributed by atoms with van der Waals surface area (Å²) < 4.78 is 10.3. The molecule has 1 N–H and O–H groups in total. The fourth-order valence-electron chi connectivity index (χ4n) is 1.66. The summed E-state index contributed by atoms with van der Waals surface area (Å²) >= 11 is 0. The summed E-state index contributed by atoms with van der Waals surface area (Å²) in [6.07, 6.45) is 4.88. The highest BCUT2D eigenvalue weighted by Gasteiger charge is 2.12. The summed E-state index contributed by atoms with van der Waals surface area (Å²) in [5.74, 6) is -0.404. The van der Waals surface area contributed by atoms with E-state index in [0.29, 0.717) is 11.3 Å². The van der Waals surface area contributed by atoms with Crippen LogP contribution in [0.1, 0.15) is 17.5 Å². The Hall–Kier alpha value is -2.56. The van der Waals surface area contributed by atoms with Crippen molar-refractivity contribution < 1.29 is 15.4 Å². The van der Waals surface area contributed by atoms with Gasteiger partial charge in [-0.15, -0.1) is 0 Å². The van der Waals surface area contributed by atoms with Crippen LogP contribution in [0.15, 0.2) is 47.3 Å². The quantitative estimate of drug-likeness (QED) is 0.719. The Bertz CT molecular complexity index is 647. The van der Waals surface area contributed by atoms with Gasteiger partial charge in [-0.2, -0.15) is 0 Å². The lowest BCUT2D eigenvalue weighted by molar-refractivity contribution is 0.0466. The van der Waals surface area contributed by atoms with Gasteiger partial charge in [0.2, 0.25) is 0 Å². The van der Waals surface area contributed by atoms with Gasteiger partial charge in [0, 0.05) is 26.0 Å². The molecule has 0 aromatic carbocycles. The molecule has 3 heterocycles. The zero-order chi connectivity index (χ0) is 12.4. The van der Waals surface area contributed by atoms with E-state index in [1.165, 1.54) is 0 Å². The number of H-pyrrole nitrogens is 1. The van der Waals surface area contributed by atoms with Crippen molar-refractivity contribution in [3.8, 4) is 0 Å². The highest BCUT2D eigenvalue weighted by molar-refractivity contribution is 5.93. The molecule has 0 saturated carbocycles. The number of nitrogens with zero attached hydrogens (tertiary/aromatic N) is 1. The van der Waals surface area contributed by atoms with Crippen molar-refractivity contribution in [1.82, 2.24) is 9.97 Å². The first-order chi connectivity index (χ1) is 8.83. The number of hydrogen-bond acceptors (Lipinski definition) is 4. The lowest BCUT2D eigenvalue weighted by Gasteiger charge is -2.02. The van der Waals surface area contributed by atoms with Gasteiger partial charge in [-0.05, 0) is 17.7 Å². The van der Waals surface area contributed by atoms with Crippen LogP contribution >= 0.6 is 0 Å². The minimum atomic E-state index is -0.404. The molecule has 0 aliphatic carbocycles. The van der Waals surface area contributed by atoms with Crippen molar-refractivity contribution in [3.05, 3.63) is 54.2 Å². The summed E-state index contributed by atoms with van der Waals surface area (Å²) in [6, 6.07) is 6.99. The van der Waals surface area contributed by atoms with E-state index in [1.807, 2.05) is 0 Å². The van der Waals surface area contributed by atoms with E-state index in [1.54, 1.807) is 42.9 Å². The van der Waals surface area contributed by atoms with E-state index in [-0.39, 0.29) is 8.03 Å². The summed E-state index contributed by atoms with van der Waals surface area (Å²) in [5, 5.41) is 0. The van der Waals surface area contributed by atoms with Crippen LogP contribution in [0.25, 0.3) is 11.1 Å². The Morgan fingerprint density at radius 2 is 2.22 bits per heavy atom. The molecule has 3 aromatic rings. The second-order valence-electron chi connectivity index (χ2n) is 3.81. The molecule has 0 bridgehead atoms. The fraction of sp³-hybridized carbons (Fsp3) is 0.0769. The maximum atomic E-state index is 11.8. The third-order valence-electron chi connectivity index (χ3n) is 2.58. The first-order valence-corrected chi connectivity index (χ1v) is 5.45. The number of ether oxygens (including phenoxy) is 1. The van der Waals surface area contributed by atoms with Crippen LogP contribution in [0, 0.1) is 0 Å². The SMILES string of the molecule is O=C(OCc1ccncc1)c1cc2occc2[nH]1.[HH]. The van der Waals surface area contributed by atoms with Crippen LogP contribution in [0.3, 0.4) is 0 Å². The zero-order valence-electron chi connectivity index (χ0n) is 9.42. The van der Waals surface area contributed by atoms with Crippen molar-refractivity contribution >= 4 is 17.1 Å². The van der Waals surface area contributed by atoms with Crippen molar-refractivity contribution in [2.75, 3.05) is 0 Å². The molecule has 0 unspecified atom stereocenters. The number of esters is 1. The molecule has 0 amide bonds. The molecule has 5 heteroatoms. The molecule has 0 fully saturated rings. The van der Waals surface area contributed by atoms with Gasteiger partial charge in [0.15, 0.2) is 5.58 Å².